The maximum atomic E-state index is 13.0. The average Bonchev–Trinajstić information content (AvgIpc) is 2.96. The van der Waals surface area contributed by atoms with E-state index in [0.717, 1.165) is 31.6 Å². The van der Waals surface area contributed by atoms with Crippen LogP contribution in [0.4, 0.5) is 11.4 Å². The minimum atomic E-state index is -0.689. The highest BCUT2D eigenvalue weighted by atomic mass is 127. The number of esters is 1. The highest BCUT2D eigenvalue weighted by Crippen LogP contribution is 2.28. The number of nitrogens with one attached hydrogen (secondary N) is 1. The molecule has 0 aliphatic carbocycles. The summed E-state index contributed by atoms with van der Waals surface area (Å²) in [6, 6.07) is 31.6. The van der Waals surface area contributed by atoms with Crippen molar-refractivity contribution in [3.8, 4) is 0 Å². The normalized spacial score (nSPS) is 10.9. The van der Waals surface area contributed by atoms with Gasteiger partial charge in [0, 0.05) is 9.26 Å². The molecule has 4 rings (SSSR count). The van der Waals surface area contributed by atoms with E-state index in [9.17, 15) is 14.4 Å². The Kier molecular flexibility index (Phi) is 11.4. The largest absolute Gasteiger partial charge is 0.467 e. The number of hydrogen-bond donors (Lipinski definition) is 1. The molecule has 206 valence electrons. The smallest absolute Gasteiger partial charge is 0.328 e. The Morgan fingerprint density at radius 3 is 1.93 bits per heavy atom. The van der Waals surface area contributed by atoms with E-state index in [1.807, 2.05) is 117 Å². The van der Waals surface area contributed by atoms with Crippen LogP contribution in [0.2, 0.25) is 0 Å². The molecule has 0 heterocycles. The van der Waals surface area contributed by atoms with Crippen LogP contribution in [0.15, 0.2) is 103 Å². The number of amides is 2. The Hall–Kier alpha value is -3.98. The Balaban J connectivity index is 0.000000238. The molecule has 0 aliphatic heterocycles. The van der Waals surface area contributed by atoms with Gasteiger partial charge in [-0.3, -0.25) is 14.5 Å². The second-order valence-corrected chi connectivity index (χ2v) is 10.3. The van der Waals surface area contributed by atoms with Gasteiger partial charge in [0.15, 0.2) is 0 Å². The molecule has 1 atom stereocenters. The van der Waals surface area contributed by atoms with Crippen molar-refractivity contribution in [2.75, 3.05) is 17.3 Å². The molecule has 0 fully saturated rings. The van der Waals surface area contributed by atoms with Crippen LogP contribution in [0.5, 0.6) is 0 Å². The molecule has 6 nitrogen and oxygen atoms in total. The predicted molar refractivity (Wildman–Crippen MR) is 169 cm³/mol. The summed E-state index contributed by atoms with van der Waals surface area (Å²) in [5.74, 6) is -0.633. The molecule has 0 bridgehead atoms. The van der Waals surface area contributed by atoms with Gasteiger partial charge in [-0.05, 0) is 84.3 Å². The fraction of sp³-hybridized carbons (Fsp3) is 0.182. The number of methoxy groups -OCH3 is 1. The maximum absolute atomic E-state index is 13.0. The van der Waals surface area contributed by atoms with Crippen LogP contribution in [-0.4, -0.2) is 30.9 Å². The van der Waals surface area contributed by atoms with Crippen LogP contribution in [0, 0.1) is 17.4 Å². The summed E-state index contributed by atoms with van der Waals surface area (Å²) >= 11 is 2.16. The van der Waals surface area contributed by atoms with E-state index in [0.29, 0.717) is 5.56 Å². The topological polar surface area (TPSA) is 75.7 Å². The molecule has 0 radical (unpaired) electrons. The number of halogens is 1. The van der Waals surface area contributed by atoms with Gasteiger partial charge in [-0.25, -0.2) is 4.79 Å². The first kappa shape index (κ1) is 30.6. The Morgan fingerprint density at radius 1 is 0.800 bits per heavy atom. The zero-order valence-corrected chi connectivity index (χ0v) is 25.2. The number of anilines is 2. The monoisotopic (exact) mass is 648 g/mol. The molecule has 4 aromatic carbocycles. The number of para-hydroxylation sites is 2. The van der Waals surface area contributed by atoms with Gasteiger partial charge in [-0.1, -0.05) is 78.9 Å². The van der Waals surface area contributed by atoms with Gasteiger partial charge in [0.05, 0.1) is 24.8 Å². The average molecular weight is 649 g/mol. The van der Waals surface area contributed by atoms with Gasteiger partial charge in [0.1, 0.15) is 6.04 Å². The van der Waals surface area contributed by atoms with E-state index >= 15 is 0 Å². The summed E-state index contributed by atoms with van der Waals surface area (Å²) in [6.07, 6.45) is 0.232. The molecule has 40 heavy (non-hydrogen) atoms. The second-order valence-electron chi connectivity index (χ2n) is 9.17. The lowest BCUT2D eigenvalue weighted by Gasteiger charge is -2.30. The molecule has 0 spiro atoms. The molecule has 2 amide bonds. The number of hydrogen-bond acceptors (Lipinski definition) is 4. The molecular formula is C33H33IN2O4. The standard InChI is InChI=1S/C20H23NO3.C13H10INO/c1-14-9-8-10-15(2)19(14)21(16(3)20(23)24-4)18(22)13-17-11-6-5-7-12-17;14-12-9-5-4-8-11(12)13(16)15-10-6-2-1-3-7-10/h5-12,16H,13H2,1-4H3;1-9H,(H,15,16). The number of benzene rings is 4. The molecule has 7 heteroatoms. The Bertz CT molecular complexity index is 1420. The van der Waals surface area contributed by atoms with Crippen LogP contribution >= 0.6 is 22.6 Å². The SMILES string of the molecule is COC(=O)C(C)N(C(=O)Cc1ccccc1)c1c(C)cccc1C.O=C(Nc1ccccc1)c1ccccc1I. The van der Waals surface area contributed by atoms with Crippen LogP contribution in [0.3, 0.4) is 0 Å². The van der Waals surface area contributed by atoms with Gasteiger partial charge < -0.3 is 10.1 Å². The van der Waals surface area contributed by atoms with Crippen molar-refractivity contribution in [3.63, 3.8) is 0 Å². The summed E-state index contributed by atoms with van der Waals surface area (Å²) in [4.78, 5) is 38.6. The predicted octanol–water partition coefficient (Wildman–Crippen LogP) is 6.98. The lowest BCUT2D eigenvalue weighted by molar-refractivity contribution is -0.143. The Labute approximate surface area is 249 Å². The third-order valence-electron chi connectivity index (χ3n) is 6.23. The lowest BCUT2D eigenvalue weighted by atomic mass is 10.0. The van der Waals surface area contributed by atoms with Crippen LogP contribution in [0.1, 0.15) is 34.0 Å². The quantitative estimate of drug-likeness (QED) is 0.173. The number of nitrogens with zero attached hydrogens (tertiary/aromatic N) is 1. The third kappa shape index (κ3) is 8.26. The molecular weight excluding hydrogens is 615 g/mol. The number of aryl methyl sites for hydroxylation is 2. The van der Waals surface area contributed by atoms with Crippen molar-refractivity contribution in [1.82, 2.24) is 0 Å². The van der Waals surface area contributed by atoms with E-state index in [4.69, 9.17) is 4.74 Å². The molecule has 4 aromatic rings. The second kappa shape index (κ2) is 15.0. The van der Waals surface area contributed by atoms with E-state index in [1.54, 1.807) is 11.8 Å². The van der Waals surface area contributed by atoms with Crippen LogP contribution < -0.4 is 10.2 Å². The van der Waals surface area contributed by atoms with Gasteiger partial charge >= 0.3 is 5.97 Å². The van der Waals surface area contributed by atoms with Gasteiger partial charge in [-0.15, -0.1) is 0 Å². The molecule has 1 N–H and O–H groups in total. The first-order chi connectivity index (χ1) is 19.2. The van der Waals surface area contributed by atoms with Gasteiger partial charge in [-0.2, -0.15) is 0 Å². The van der Waals surface area contributed by atoms with E-state index in [-0.39, 0.29) is 18.2 Å². The third-order valence-corrected chi connectivity index (χ3v) is 7.17. The van der Waals surface area contributed by atoms with Crippen LogP contribution in [0.25, 0.3) is 0 Å². The van der Waals surface area contributed by atoms with Gasteiger partial charge in [0.25, 0.3) is 5.91 Å². The molecule has 0 saturated heterocycles. The number of ether oxygens (including phenoxy) is 1. The fourth-order valence-electron chi connectivity index (χ4n) is 4.22. The van der Waals surface area contributed by atoms with Crippen molar-refractivity contribution < 1.29 is 19.1 Å². The van der Waals surface area contributed by atoms with Crippen molar-refractivity contribution in [2.24, 2.45) is 0 Å². The molecule has 1 unspecified atom stereocenters. The van der Waals surface area contributed by atoms with E-state index in [2.05, 4.69) is 27.9 Å². The summed E-state index contributed by atoms with van der Waals surface area (Å²) < 4.78 is 5.81. The van der Waals surface area contributed by atoms with E-state index < -0.39 is 12.0 Å². The highest BCUT2D eigenvalue weighted by Gasteiger charge is 2.30. The summed E-state index contributed by atoms with van der Waals surface area (Å²) in [6.45, 7) is 5.57. The zero-order chi connectivity index (χ0) is 29.1. The minimum Gasteiger partial charge on any atom is -0.467 e. The van der Waals surface area contributed by atoms with Crippen molar-refractivity contribution in [2.45, 2.75) is 33.2 Å². The zero-order valence-electron chi connectivity index (χ0n) is 23.1. The highest BCUT2D eigenvalue weighted by molar-refractivity contribution is 14.1. The van der Waals surface area contributed by atoms with Crippen molar-refractivity contribution in [3.05, 3.63) is 129 Å². The summed E-state index contributed by atoms with van der Waals surface area (Å²) in [5.41, 5.74) is 5.10. The van der Waals surface area contributed by atoms with Gasteiger partial charge in [0.2, 0.25) is 5.91 Å². The van der Waals surface area contributed by atoms with Crippen molar-refractivity contribution >= 4 is 51.7 Å². The Morgan fingerprint density at radius 2 is 1.35 bits per heavy atom. The molecule has 0 aromatic heterocycles. The number of rotatable bonds is 7. The van der Waals surface area contributed by atoms with E-state index in [1.165, 1.54) is 7.11 Å². The molecule has 0 saturated carbocycles. The fourth-order valence-corrected chi connectivity index (χ4v) is 4.85. The first-order valence-corrected chi connectivity index (χ1v) is 13.9. The van der Waals surface area contributed by atoms with Crippen LogP contribution in [-0.2, 0) is 20.7 Å². The summed E-state index contributed by atoms with van der Waals surface area (Å²) in [7, 11) is 1.34. The summed E-state index contributed by atoms with van der Waals surface area (Å²) in [5, 5.41) is 2.86. The molecule has 0 aliphatic rings. The van der Waals surface area contributed by atoms with Crippen molar-refractivity contribution in [1.29, 1.82) is 0 Å². The number of carbonyl (C=O) groups excluding carboxylic acids is 3. The number of carbonyl (C=O) groups is 3. The maximum Gasteiger partial charge on any atom is 0.328 e. The minimum absolute atomic E-state index is 0.0730. The first-order valence-electron chi connectivity index (χ1n) is 12.8. The lowest BCUT2D eigenvalue weighted by Crippen LogP contribution is -2.45.